The lowest BCUT2D eigenvalue weighted by Gasteiger charge is -2.37. The fourth-order valence-electron chi connectivity index (χ4n) is 3.83. The number of aromatic nitrogens is 4. The van der Waals surface area contributed by atoms with Crippen molar-refractivity contribution in [3.8, 4) is 11.9 Å². The zero-order chi connectivity index (χ0) is 22.0. The number of piperazine rings is 1. The molecular weight excluding hydrogens is 392 g/mol. The molecule has 3 heterocycles. The Morgan fingerprint density at radius 1 is 1.13 bits per heavy atom. The summed E-state index contributed by atoms with van der Waals surface area (Å²) >= 11 is 0. The number of ether oxygens (including phenoxy) is 1. The summed E-state index contributed by atoms with van der Waals surface area (Å²) in [6.45, 7) is 14.2. The van der Waals surface area contributed by atoms with Gasteiger partial charge in [-0.05, 0) is 12.8 Å². The summed E-state index contributed by atoms with van der Waals surface area (Å²) in [5, 5.41) is 9.35. The van der Waals surface area contributed by atoms with Crippen LogP contribution in [0.3, 0.4) is 0 Å². The van der Waals surface area contributed by atoms with E-state index in [-0.39, 0.29) is 11.4 Å². The monoisotopic (exact) mass is 426 g/mol. The first kappa shape index (κ1) is 21.7. The van der Waals surface area contributed by atoms with Gasteiger partial charge in [0.15, 0.2) is 0 Å². The largest absolute Gasteiger partial charge is 0.479 e. The predicted molar refractivity (Wildman–Crippen MR) is 120 cm³/mol. The van der Waals surface area contributed by atoms with E-state index in [0.717, 1.165) is 44.4 Å². The Bertz CT molecular complexity index is 888. The predicted octanol–water partition coefficient (Wildman–Crippen LogP) is 2.98. The van der Waals surface area contributed by atoms with Gasteiger partial charge in [-0.1, -0.05) is 27.7 Å². The number of rotatable bonds is 7. The Labute approximate surface area is 184 Å². The van der Waals surface area contributed by atoms with E-state index < -0.39 is 0 Å². The van der Waals surface area contributed by atoms with Gasteiger partial charge in [0.05, 0.1) is 6.61 Å². The van der Waals surface area contributed by atoms with Crippen LogP contribution < -0.4 is 9.64 Å². The third-order valence-electron chi connectivity index (χ3n) is 5.80. The minimum Gasteiger partial charge on any atom is -0.479 e. The Hall–Kier alpha value is -2.48. The topological polar surface area (TPSA) is 87.5 Å². The zero-order valence-corrected chi connectivity index (χ0v) is 19.1. The summed E-state index contributed by atoms with van der Waals surface area (Å²) in [6, 6.07) is 3.62. The molecule has 1 aliphatic carbocycles. The summed E-state index contributed by atoms with van der Waals surface area (Å²) in [5.74, 6) is 3.43. The molecule has 31 heavy (non-hydrogen) atoms. The van der Waals surface area contributed by atoms with Crippen molar-refractivity contribution in [2.75, 3.05) is 44.2 Å². The van der Waals surface area contributed by atoms with Crippen molar-refractivity contribution in [1.29, 1.82) is 0 Å². The molecule has 0 bridgehead atoms. The van der Waals surface area contributed by atoms with Crippen molar-refractivity contribution in [2.24, 2.45) is 5.92 Å². The number of hydrogen-bond donors (Lipinski definition) is 1. The van der Waals surface area contributed by atoms with E-state index in [2.05, 4.69) is 53.5 Å². The molecule has 0 spiro atoms. The number of hydrogen-bond acceptors (Lipinski definition) is 8. The van der Waals surface area contributed by atoms with Crippen molar-refractivity contribution >= 4 is 5.82 Å². The Morgan fingerprint density at radius 3 is 2.52 bits per heavy atom. The van der Waals surface area contributed by atoms with Gasteiger partial charge in [-0.15, -0.1) is 0 Å². The quantitative estimate of drug-likeness (QED) is 0.723. The molecule has 8 nitrogen and oxygen atoms in total. The van der Waals surface area contributed by atoms with Gasteiger partial charge in [0, 0.05) is 74.0 Å². The van der Waals surface area contributed by atoms with Crippen LogP contribution in [0.4, 0.5) is 5.82 Å². The standard InChI is InChI=1S/C23H34N6O2/c1-16(15-31-20-7-8-24-22(30)27-20)14-28-9-11-29(12-10-28)19-13-18(17-5-6-17)25-21(26-19)23(2,3)4/h7-8,13,16-17H,5-6,9-12,14-15H2,1-4H3,(H,24,27,30). The van der Waals surface area contributed by atoms with Crippen molar-refractivity contribution < 1.29 is 9.84 Å². The highest BCUT2D eigenvalue weighted by Crippen LogP contribution is 2.40. The average Bonchev–Trinajstić information content (AvgIpc) is 3.57. The second-order valence-corrected chi connectivity index (χ2v) is 9.90. The van der Waals surface area contributed by atoms with Gasteiger partial charge >= 0.3 is 6.01 Å². The lowest BCUT2D eigenvalue weighted by atomic mass is 9.95. The molecule has 2 aromatic heterocycles. The second kappa shape index (κ2) is 8.94. The highest BCUT2D eigenvalue weighted by atomic mass is 16.5. The summed E-state index contributed by atoms with van der Waals surface area (Å²) < 4.78 is 5.70. The molecule has 1 unspecified atom stereocenters. The van der Waals surface area contributed by atoms with Crippen LogP contribution in [0.15, 0.2) is 18.3 Å². The average molecular weight is 427 g/mol. The maximum atomic E-state index is 9.35. The van der Waals surface area contributed by atoms with Crippen LogP contribution in [0.25, 0.3) is 0 Å². The molecule has 0 radical (unpaired) electrons. The summed E-state index contributed by atoms with van der Waals surface area (Å²) in [4.78, 5) is 22.3. The Kier molecular flexibility index (Phi) is 6.27. The fraction of sp³-hybridized carbons (Fsp3) is 0.652. The molecule has 0 aromatic carbocycles. The minimum atomic E-state index is -0.259. The smallest absolute Gasteiger partial charge is 0.317 e. The van der Waals surface area contributed by atoms with Crippen LogP contribution in [0.1, 0.15) is 58.0 Å². The summed E-state index contributed by atoms with van der Waals surface area (Å²) in [6.07, 6.45) is 4.00. The first-order valence-corrected chi connectivity index (χ1v) is 11.3. The molecule has 1 atom stereocenters. The molecule has 168 valence electrons. The highest BCUT2D eigenvalue weighted by molar-refractivity contribution is 5.42. The van der Waals surface area contributed by atoms with Crippen molar-refractivity contribution in [3.05, 3.63) is 29.8 Å². The van der Waals surface area contributed by atoms with E-state index in [0.29, 0.717) is 24.3 Å². The van der Waals surface area contributed by atoms with Gasteiger partial charge in [0.2, 0.25) is 5.88 Å². The molecule has 0 amide bonds. The molecule has 2 fully saturated rings. The lowest BCUT2D eigenvalue weighted by Crippen LogP contribution is -2.48. The molecule has 2 aromatic rings. The number of nitrogens with zero attached hydrogens (tertiary/aromatic N) is 6. The van der Waals surface area contributed by atoms with Gasteiger partial charge < -0.3 is 14.7 Å². The SMILES string of the molecule is CC(COc1ccnc(O)n1)CN1CCN(c2cc(C3CC3)nc(C(C)(C)C)n2)CC1. The van der Waals surface area contributed by atoms with Gasteiger partial charge in [-0.3, -0.25) is 4.90 Å². The van der Waals surface area contributed by atoms with E-state index in [4.69, 9.17) is 14.7 Å². The minimum absolute atomic E-state index is 0.0443. The third-order valence-corrected chi connectivity index (χ3v) is 5.80. The van der Waals surface area contributed by atoms with Gasteiger partial charge in [-0.2, -0.15) is 4.98 Å². The second-order valence-electron chi connectivity index (χ2n) is 9.90. The molecule has 1 N–H and O–H groups in total. The first-order valence-electron chi connectivity index (χ1n) is 11.3. The van der Waals surface area contributed by atoms with Gasteiger partial charge in [0.25, 0.3) is 0 Å². The van der Waals surface area contributed by atoms with Crippen LogP contribution >= 0.6 is 0 Å². The fourth-order valence-corrected chi connectivity index (χ4v) is 3.83. The molecule has 4 rings (SSSR count). The molecule has 1 saturated carbocycles. The number of anilines is 1. The first-order chi connectivity index (χ1) is 14.8. The summed E-state index contributed by atoms with van der Waals surface area (Å²) in [5.41, 5.74) is 1.18. The molecule has 2 aliphatic rings. The maximum absolute atomic E-state index is 9.35. The van der Waals surface area contributed by atoms with Gasteiger partial charge in [0.1, 0.15) is 11.6 Å². The van der Waals surface area contributed by atoms with E-state index in [1.807, 2.05) is 0 Å². The highest BCUT2D eigenvalue weighted by Gasteiger charge is 2.30. The van der Waals surface area contributed by atoms with Gasteiger partial charge in [-0.25, -0.2) is 15.0 Å². The third kappa shape index (κ3) is 5.81. The van der Waals surface area contributed by atoms with Crippen LogP contribution in [0.5, 0.6) is 11.9 Å². The van der Waals surface area contributed by atoms with Crippen molar-refractivity contribution in [2.45, 2.75) is 51.9 Å². The van der Waals surface area contributed by atoms with Crippen molar-refractivity contribution in [1.82, 2.24) is 24.8 Å². The number of aromatic hydroxyl groups is 1. The van der Waals surface area contributed by atoms with E-state index in [9.17, 15) is 5.11 Å². The molecule has 1 aliphatic heterocycles. The zero-order valence-electron chi connectivity index (χ0n) is 19.1. The Balaban J connectivity index is 1.31. The molecule has 8 heteroatoms. The normalized spacial score (nSPS) is 18.8. The van der Waals surface area contributed by atoms with E-state index >= 15 is 0 Å². The van der Waals surface area contributed by atoms with E-state index in [1.54, 1.807) is 6.07 Å². The van der Waals surface area contributed by atoms with Crippen LogP contribution in [-0.4, -0.2) is 69.3 Å². The van der Waals surface area contributed by atoms with Crippen LogP contribution in [0.2, 0.25) is 0 Å². The van der Waals surface area contributed by atoms with Crippen LogP contribution in [-0.2, 0) is 5.41 Å². The van der Waals surface area contributed by atoms with E-state index in [1.165, 1.54) is 24.7 Å². The Morgan fingerprint density at radius 2 is 1.87 bits per heavy atom. The summed E-state index contributed by atoms with van der Waals surface area (Å²) in [7, 11) is 0. The lowest BCUT2D eigenvalue weighted by molar-refractivity contribution is 0.174. The van der Waals surface area contributed by atoms with Crippen molar-refractivity contribution in [3.63, 3.8) is 0 Å². The molecule has 1 saturated heterocycles. The van der Waals surface area contributed by atoms with Crippen LogP contribution in [0, 0.1) is 5.92 Å². The maximum Gasteiger partial charge on any atom is 0.317 e. The molecular formula is C23H34N6O2.